The smallest absolute Gasteiger partial charge is 0.0550 e. The molecule has 4 aliphatic carbocycles. The van der Waals surface area contributed by atoms with Crippen LogP contribution >= 0.6 is 0 Å². The summed E-state index contributed by atoms with van der Waals surface area (Å²) in [7, 11) is -1.42. The highest BCUT2D eigenvalue weighted by molar-refractivity contribution is 6.80. The SMILES string of the molecule is CC1C(C)C([Si](C)(C)C2C(C)C3C=CC=CC3C2C)C2C=CC=CC12. The number of allylic oxidation sites excluding steroid dienone is 8. The monoisotopic (exact) mass is 352 g/mol. The zero-order valence-corrected chi connectivity index (χ0v) is 17.9. The van der Waals surface area contributed by atoms with Crippen LogP contribution in [0.15, 0.2) is 48.6 Å². The lowest BCUT2D eigenvalue weighted by Gasteiger charge is -2.45. The molecule has 136 valence electrons. The molecule has 0 nitrogen and oxygen atoms in total. The van der Waals surface area contributed by atoms with Gasteiger partial charge < -0.3 is 0 Å². The lowest BCUT2D eigenvalue weighted by molar-refractivity contribution is 0.393. The summed E-state index contributed by atoms with van der Waals surface area (Å²) in [6.07, 6.45) is 19.3. The van der Waals surface area contributed by atoms with Crippen molar-refractivity contribution >= 4 is 8.07 Å². The molecule has 0 saturated heterocycles. The van der Waals surface area contributed by atoms with Crippen molar-refractivity contribution in [2.24, 2.45) is 47.3 Å². The zero-order valence-electron chi connectivity index (χ0n) is 16.9. The molecule has 0 spiro atoms. The Morgan fingerprint density at radius 2 is 0.880 bits per heavy atom. The third-order valence-electron chi connectivity index (χ3n) is 8.93. The molecule has 0 aliphatic heterocycles. The van der Waals surface area contributed by atoms with Crippen molar-refractivity contribution in [2.75, 3.05) is 0 Å². The Kier molecular flexibility index (Phi) is 4.30. The van der Waals surface area contributed by atoms with Crippen LogP contribution in [0.25, 0.3) is 0 Å². The second-order valence-electron chi connectivity index (χ2n) is 10.2. The van der Waals surface area contributed by atoms with Gasteiger partial charge in [-0.15, -0.1) is 0 Å². The van der Waals surface area contributed by atoms with Crippen molar-refractivity contribution in [2.45, 2.75) is 51.9 Å². The minimum absolute atomic E-state index is 0.781. The molecule has 0 aromatic carbocycles. The van der Waals surface area contributed by atoms with E-state index in [1.165, 1.54) is 0 Å². The fourth-order valence-electron chi connectivity index (χ4n) is 7.96. The van der Waals surface area contributed by atoms with Crippen molar-refractivity contribution in [3.05, 3.63) is 48.6 Å². The number of fused-ring (bicyclic) bond motifs is 2. The second kappa shape index (κ2) is 6.11. The standard InChI is InChI=1S/C24H36Si/c1-15-16(2)24(22-14-10-9-11-19(15)22)25(5,6)23-17(3)20-12-7-8-13-21(20)18(23)4/h7-24H,1-6H3. The van der Waals surface area contributed by atoms with Gasteiger partial charge in [-0.25, -0.2) is 0 Å². The molecule has 2 fully saturated rings. The van der Waals surface area contributed by atoms with Crippen LogP contribution in [0.5, 0.6) is 0 Å². The van der Waals surface area contributed by atoms with Gasteiger partial charge in [0.25, 0.3) is 0 Å². The van der Waals surface area contributed by atoms with Gasteiger partial charge in [-0.1, -0.05) is 89.4 Å². The topological polar surface area (TPSA) is 0 Å². The lowest BCUT2D eigenvalue weighted by Crippen LogP contribution is -2.45. The fraction of sp³-hybridized carbons (Fsp3) is 0.667. The molecule has 0 aromatic rings. The van der Waals surface area contributed by atoms with Crippen LogP contribution in [-0.2, 0) is 0 Å². The molecule has 0 radical (unpaired) electrons. The molecular formula is C24H36Si. The van der Waals surface area contributed by atoms with E-state index in [1.54, 1.807) is 0 Å². The maximum absolute atomic E-state index is 2.75. The second-order valence-corrected chi connectivity index (χ2v) is 15.1. The molecule has 0 N–H and O–H groups in total. The Balaban J connectivity index is 1.69. The van der Waals surface area contributed by atoms with Crippen molar-refractivity contribution in [1.82, 2.24) is 0 Å². The summed E-state index contributed by atoms with van der Waals surface area (Å²) in [6, 6.07) is 0. The van der Waals surface area contributed by atoms with E-state index in [2.05, 4.69) is 89.4 Å². The molecule has 1 heteroatoms. The van der Waals surface area contributed by atoms with Gasteiger partial charge in [-0.2, -0.15) is 0 Å². The van der Waals surface area contributed by atoms with Crippen LogP contribution in [0.1, 0.15) is 27.7 Å². The first kappa shape index (κ1) is 17.6. The summed E-state index contributed by atoms with van der Waals surface area (Å²) >= 11 is 0. The minimum Gasteiger partial charge on any atom is -0.0808 e. The minimum atomic E-state index is -1.42. The van der Waals surface area contributed by atoms with E-state index in [-0.39, 0.29) is 0 Å². The van der Waals surface area contributed by atoms with E-state index < -0.39 is 8.07 Å². The summed E-state index contributed by atoms with van der Waals surface area (Å²) in [4.78, 5) is 0. The van der Waals surface area contributed by atoms with Crippen molar-refractivity contribution < 1.29 is 0 Å². The van der Waals surface area contributed by atoms with Crippen LogP contribution in [0.2, 0.25) is 24.2 Å². The highest BCUT2D eigenvalue weighted by Gasteiger charge is 2.59. The zero-order chi connectivity index (χ0) is 17.9. The molecule has 0 amide bonds. The molecule has 4 aliphatic rings. The molecular weight excluding hydrogens is 316 g/mol. The highest BCUT2D eigenvalue weighted by Crippen LogP contribution is 2.64. The van der Waals surface area contributed by atoms with Gasteiger partial charge in [-0.05, 0) is 58.4 Å². The summed E-state index contributed by atoms with van der Waals surface area (Å²) in [5.41, 5.74) is 1.87. The number of hydrogen-bond acceptors (Lipinski definition) is 0. The first-order chi connectivity index (χ1) is 11.9. The first-order valence-electron chi connectivity index (χ1n) is 10.6. The Morgan fingerprint density at radius 1 is 0.480 bits per heavy atom. The third-order valence-corrected chi connectivity index (χ3v) is 14.3. The number of rotatable bonds is 2. The van der Waals surface area contributed by atoms with Gasteiger partial charge in [0, 0.05) is 0 Å². The average molecular weight is 353 g/mol. The normalized spacial score (nSPS) is 51.0. The van der Waals surface area contributed by atoms with E-state index in [9.17, 15) is 0 Å². The van der Waals surface area contributed by atoms with Crippen molar-refractivity contribution in [1.29, 1.82) is 0 Å². The molecule has 0 aromatic heterocycles. The quantitative estimate of drug-likeness (QED) is 0.484. The van der Waals surface area contributed by atoms with Gasteiger partial charge in [0.05, 0.1) is 8.07 Å². The predicted molar refractivity (Wildman–Crippen MR) is 112 cm³/mol. The molecule has 9 atom stereocenters. The Bertz CT molecular complexity index is 612. The Morgan fingerprint density at radius 3 is 1.36 bits per heavy atom. The highest BCUT2D eigenvalue weighted by atomic mass is 28.3. The molecule has 25 heavy (non-hydrogen) atoms. The van der Waals surface area contributed by atoms with Crippen molar-refractivity contribution in [3.8, 4) is 0 Å². The van der Waals surface area contributed by atoms with Gasteiger partial charge in [0.1, 0.15) is 0 Å². The van der Waals surface area contributed by atoms with Gasteiger partial charge in [0.2, 0.25) is 0 Å². The summed E-state index contributed by atoms with van der Waals surface area (Å²) < 4.78 is 0. The largest absolute Gasteiger partial charge is 0.0808 e. The van der Waals surface area contributed by atoms with E-state index >= 15 is 0 Å². The maximum atomic E-state index is 2.75. The molecule has 9 unspecified atom stereocenters. The molecule has 0 heterocycles. The molecule has 2 saturated carbocycles. The fourth-order valence-corrected chi connectivity index (χ4v) is 14.5. The lowest BCUT2D eigenvalue weighted by atomic mass is 9.85. The van der Waals surface area contributed by atoms with Crippen LogP contribution in [0.4, 0.5) is 0 Å². The third kappa shape index (κ3) is 2.45. The average Bonchev–Trinajstić information content (AvgIpc) is 3.01. The van der Waals surface area contributed by atoms with Crippen LogP contribution in [0.3, 0.4) is 0 Å². The van der Waals surface area contributed by atoms with E-state index in [1.807, 2.05) is 0 Å². The summed E-state index contributed by atoms with van der Waals surface area (Å²) in [5.74, 6) is 6.51. The summed E-state index contributed by atoms with van der Waals surface area (Å²) in [6.45, 7) is 15.7. The molecule has 4 rings (SSSR count). The first-order valence-corrected chi connectivity index (χ1v) is 13.7. The van der Waals surface area contributed by atoms with Gasteiger partial charge >= 0.3 is 0 Å². The Labute approximate surface area is 156 Å². The summed E-state index contributed by atoms with van der Waals surface area (Å²) in [5, 5.41) is 0. The van der Waals surface area contributed by atoms with Gasteiger partial charge in [0.15, 0.2) is 0 Å². The maximum Gasteiger partial charge on any atom is 0.0550 e. The predicted octanol–water partition coefficient (Wildman–Crippen LogP) is 6.72. The van der Waals surface area contributed by atoms with E-state index in [0.29, 0.717) is 0 Å². The van der Waals surface area contributed by atoms with Crippen LogP contribution in [-0.4, -0.2) is 8.07 Å². The van der Waals surface area contributed by atoms with Gasteiger partial charge in [-0.3, -0.25) is 0 Å². The van der Waals surface area contributed by atoms with Crippen molar-refractivity contribution in [3.63, 3.8) is 0 Å². The van der Waals surface area contributed by atoms with E-state index in [4.69, 9.17) is 0 Å². The Hall–Kier alpha value is -0.823. The van der Waals surface area contributed by atoms with Crippen LogP contribution < -0.4 is 0 Å². The number of hydrogen-bond donors (Lipinski definition) is 0. The van der Waals surface area contributed by atoms with E-state index in [0.717, 1.165) is 58.4 Å². The van der Waals surface area contributed by atoms with Crippen LogP contribution in [0, 0.1) is 47.3 Å². The molecule has 0 bridgehead atoms.